The van der Waals surface area contributed by atoms with Gasteiger partial charge >= 0.3 is 0 Å². The molecule has 0 saturated heterocycles. The average molecular weight is 360 g/mol. The van der Waals surface area contributed by atoms with Crippen LogP contribution in [-0.2, 0) is 10.0 Å². The van der Waals surface area contributed by atoms with Crippen molar-refractivity contribution in [1.82, 2.24) is 0 Å². The van der Waals surface area contributed by atoms with Crippen molar-refractivity contribution in [3.05, 3.63) is 52.3 Å². The Hall–Kier alpha value is -1.60. The summed E-state index contributed by atoms with van der Waals surface area (Å²) in [5, 5.41) is 9.56. The molecule has 0 unspecified atom stereocenters. The molecule has 0 bridgehead atoms. The third-order valence-electron chi connectivity index (χ3n) is 2.64. The summed E-state index contributed by atoms with van der Waals surface area (Å²) in [6, 6.07) is 7.73. The number of benzene rings is 2. The van der Waals surface area contributed by atoms with Gasteiger partial charge in [-0.1, -0.05) is 6.07 Å². The second-order valence-corrected chi connectivity index (χ2v) is 6.69. The molecule has 106 valence electrons. The van der Waals surface area contributed by atoms with Gasteiger partial charge in [-0.15, -0.1) is 0 Å². The summed E-state index contributed by atoms with van der Waals surface area (Å²) in [5.41, 5.74) is 0.861. The molecule has 0 aliphatic heterocycles. The standard InChI is InChI=1S/C13H11BrFNO3S/c1-8-2-4-10(7-12(8)17)16-20(18,19)13-5-3-9(15)6-11(13)14/h2-7,16-17H,1H3. The molecule has 0 fully saturated rings. The van der Waals surface area contributed by atoms with E-state index in [1.165, 1.54) is 12.1 Å². The van der Waals surface area contributed by atoms with Gasteiger partial charge in [0, 0.05) is 10.5 Å². The summed E-state index contributed by atoms with van der Waals surface area (Å²) < 4.78 is 39.8. The van der Waals surface area contributed by atoms with E-state index in [4.69, 9.17) is 0 Å². The zero-order valence-electron chi connectivity index (χ0n) is 10.4. The molecule has 2 N–H and O–H groups in total. The van der Waals surface area contributed by atoms with Crippen LogP contribution < -0.4 is 4.72 Å². The largest absolute Gasteiger partial charge is 0.508 e. The van der Waals surface area contributed by atoms with Crippen molar-refractivity contribution in [2.24, 2.45) is 0 Å². The van der Waals surface area contributed by atoms with E-state index in [9.17, 15) is 17.9 Å². The first-order valence-electron chi connectivity index (χ1n) is 5.57. The van der Waals surface area contributed by atoms with Gasteiger partial charge in [0.25, 0.3) is 10.0 Å². The second-order valence-electron chi connectivity index (χ2n) is 4.18. The molecule has 0 aliphatic rings. The molecule has 0 aromatic heterocycles. The van der Waals surface area contributed by atoms with Crippen molar-refractivity contribution in [2.45, 2.75) is 11.8 Å². The van der Waals surface area contributed by atoms with Crippen molar-refractivity contribution in [3.8, 4) is 5.75 Å². The Morgan fingerprint density at radius 1 is 1.20 bits per heavy atom. The Balaban J connectivity index is 2.38. The number of aryl methyl sites for hydroxylation is 1. The molecule has 0 aliphatic carbocycles. The van der Waals surface area contributed by atoms with Crippen LogP contribution in [0.1, 0.15) is 5.56 Å². The van der Waals surface area contributed by atoms with Gasteiger partial charge in [0.15, 0.2) is 0 Å². The second kappa shape index (κ2) is 5.41. The minimum absolute atomic E-state index is 0.0108. The third-order valence-corrected chi connectivity index (χ3v) is 5.00. The molecular formula is C13H11BrFNO3S. The number of hydrogen-bond donors (Lipinski definition) is 2. The molecule has 0 heterocycles. The highest BCUT2D eigenvalue weighted by Gasteiger charge is 2.18. The number of halogens is 2. The maximum atomic E-state index is 13.0. The predicted molar refractivity (Wildman–Crippen MR) is 77.8 cm³/mol. The number of hydrogen-bond acceptors (Lipinski definition) is 3. The van der Waals surface area contributed by atoms with Gasteiger partial charge in [-0.05, 0) is 52.7 Å². The lowest BCUT2D eigenvalue weighted by atomic mass is 10.2. The van der Waals surface area contributed by atoms with Gasteiger partial charge in [0.1, 0.15) is 16.5 Å². The molecule has 0 radical (unpaired) electrons. The zero-order valence-corrected chi connectivity index (χ0v) is 12.8. The Morgan fingerprint density at radius 2 is 1.90 bits per heavy atom. The van der Waals surface area contributed by atoms with E-state index in [-0.39, 0.29) is 20.8 Å². The molecule has 0 atom stereocenters. The Kier molecular flexibility index (Phi) is 4.01. The van der Waals surface area contributed by atoms with Crippen LogP contribution in [0.5, 0.6) is 5.75 Å². The van der Waals surface area contributed by atoms with Gasteiger partial charge in [-0.25, -0.2) is 12.8 Å². The highest BCUT2D eigenvalue weighted by molar-refractivity contribution is 9.10. The highest BCUT2D eigenvalue weighted by atomic mass is 79.9. The predicted octanol–water partition coefficient (Wildman–Crippen LogP) is 3.40. The lowest BCUT2D eigenvalue weighted by Crippen LogP contribution is -2.13. The van der Waals surface area contributed by atoms with E-state index < -0.39 is 15.8 Å². The van der Waals surface area contributed by atoms with Crippen molar-refractivity contribution < 1.29 is 17.9 Å². The molecule has 4 nitrogen and oxygen atoms in total. The lowest BCUT2D eigenvalue weighted by Gasteiger charge is -2.10. The van der Waals surface area contributed by atoms with Gasteiger partial charge in [-0.3, -0.25) is 4.72 Å². The highest BCUT2D eigenvalue weighted by Crippen LogP contribution is 2.27. The Morgan fingerprint density at radius 3 is 2.50 bits per heavy atom. The van der Waals surface area contributed by atoms with Crippen molar-refractivity contribution in [2.75, 3.05) is 4.72 Å². The summed E-state index contributed by atoms with van der Waals surface area (Å²) in [6.07, 6.45) is 0. The quantitative estimate of drug-likeness (QED) is 0.882. The molecule has 0 spiro atoms. The van der Waals surface area contributed by atoms with Crippen LogP contribution in [0.25, 0.3) is 0 Å². The van der Waals surface area contributed by atoms with Gasteiger partial charge in [0.2, 0.25) is 0 Å². The van der Waals surface area contributed by atoms with Crippen LogP contribution in [0, 0.1) is 12.7 Å². The van der Waals surface area contributed by atoms with Crippen molar-refractivity contribution in [1.29, 1.82) is 0 Å². The van der Waals surface area contributed by atoms with Crippen LogP contribution in [-0.4, -0.2) is 13.5 Å². The monoisotopic (exact) mass is 359 g/mol. The summed E-state index contributed by atoms with van der Waals surface area (Å²) in [5.74, 6) is -0.549. The lowest BCUT2D eigenvalue weighted by molar-refractivity contribution is 0.471. The number of phenols is 1. The molecule has 2 aromatic carbocycles. The zero-order chi connectivity index (χ0) is 14.9. The first-order chi connectivity index (χ1) is 9.29. The van der Waals surface area contributed by atoms with Crippen LogP contribution in [0.4, 0.5) is 10.1 Å². The normalized spacial score (nSPS) is 11.3. The minimum Gasteiger partial charge on any atom is -0.508 e. The van der Waals surface area contributed by atoms with E-state index in [2.05, 4.69) is 20.7 Å². The number of anilines is 1. The number of phenolic OH excluding ortho intramolecular Hbond substituents is 1. The van der Waals surface area contributed by atoms with E-state index >= 15 is 0 Å². The maximum Gasteiger partial charge on any atom is 0.263 e. The smallest absolute Gasteiger partial charge is 0.263 e. The molecule has 2 rings (SSSR count). The molecule has 7 heteroatoms. The van der Waals surface area contributed by atoms with Crippen molar-refractivity contribution >= 4 is 31.6 Å². The molecule has 0 saturated carbocycles. The fourth-order valence-electron chi connectivity index (χ4n) is 1.58. The van der Waals surface area contributed by atoms with E-state index in [1.807, 2.05) is 0 Å². The Bertz CT molecular complexity index is 762. The molecular weight excluding hydrogens is 349 g/mol. The average Bonchev–Trinajstić information content (AvgIpc) is 2.33. The van der Waals surface area contributed by atoms with E-state index in [0.717, 1.165) is 18.2 Å². The molecule has 20 heavy (non-hydrogen) atoms. The third kappa shape index (κ3) is 3.10. The fourth-order valence-corrected chi connectivity index (χ4v) is 3.68. The van der Waals surface area contributed by atoms with E-state index in [1.54, 1.807) is 13.0 Å². The first-order valence-corrected chi connectivity index (χ1v) is 7.85. The Labute approximate surface area is 124 Å². The maximum absolute atomic E-state index is 13.0. The summed E-state index contributed by atoms with van der Waals surface area (Å²) in [7, 11) is -3.87. The minimum atomic E-state index is -3.87. The van der Waals surface area contributed by atoms with Crippen LogP contribution in [0.3, 0.4) is 0 Å². The molecule has 2 aromatic rings. The number of aromatic hydroxyl groups is 1. The van der Waals surface area contributed by atoms with Gasteiger partial charge in [0.05, 0.1) is 5.69 Å². The van der Waals surface area contributed by atoms with Gasteiger partial charge in [-0.2, -0.15) is 0 Å². The summed E-state index contributed by atoms with van der Waals surface area (Å²) in [6.45, 7) is 1.70. The van der Waals surface area contributed by atoms with Crippen molar-refractivity contribution in [3.63, 3.8) is 0 Å². The fraction of sp³-hybridized carbons (Fsp3) is 0.0769. The van der Waals surface area contributed by atoms with Crippen LogP contribution in [0.2, 0.25) is 0 Å². The molecule has 0 amide bonds. The first kappa shape index (κ1) is 14.8. The summed E-state index contributed by atoms with van der Waals surface area (Å²) >= 11 is 3.01. The van der Waals surface area contributed by atoms with E-state index in [0.29, 0.717) is 5.56 Å². The van der Waals surface area contributed by atoms with Gasteiger partial charge < -0.3 is 5.11 Å². The number of rotatable bonds is 3. The number of nitrogens with one attached hydrogen (secondary N) is 1. The number of sulfonamides is 1. The van der Waals surface area contributed by atoms with Crippen LogP contribution in [0.15, 0.2) is 45.8 Å². The topological polar surface area (TPSA) is 66.4 Å². The van der Waals surface area contributed by atoms with Crippen LogP contribution >= 0.6 is 15.9 Å². The summed E-state index contributed by atoms with van der Waals surface area (Å²) in [4.78, 5) is -0.0843. The SMILES string of the molecule is Cc1ccc(NS(=O)(=O)c2ccc(F)cc2Br)cc1O.